The number of hydrogen-bond donors (Lipinski definition) is 1. The smallest absolute Gasteiger partial charge is 0.306 e. The van der Waals surface area contributed by atoms with Gasteiger partial charge < -0.3 is 5.11 Å². The Kier molecular flexibility index (Phi) is 2.23. The molecule has 1 aliphatic carbocycles. The van der Waals surface area contributed by atoms with Gasteiger partial charge in [0.15, 0.2) is 0 Å². The summed E-state index contributed by atoms with van der Waals surface area (Å²) < 4.78 is 0. The number of rotatable bonds is 1. The van der Waals surface area contributed by atoms with Crippen molar-refractivity contribution in [2.75, 3.05) is 6.54 Å². The van der Waals surface area contributed by atoms with E-state index in [4.69, 9.17) is 5.11 Å². The highest BCUT2D eigenvalue weighted by Crippen LogP contribution is 2.45. The molecule has 2 heterocycles. The molecule has 0 radical (unpaired) electrons. The van der Waals surface area contributed by atoms with Crippen molar-refractivity contribution in [2.24, 2.45) is 11.8 Å². The molecule has 0 aromatic heterocycles. The van der Waals surface area contributed by atoms with Gasteiger partial charge in [-0.15, -0.1) is 0 Å². The van der Waals surface area contributed by atoms with Gasteiger partial charge in [-0.05, 0) is 51.0 Å². The molecule has 3 fully saturated rings. The van der Waals surface area contributed by atoms with Crippen molar-refractivity contribution in [1.82, 2.24) is 4.90 Å². The molecule has 2 aliphatic heterocycles. The fourth-order valence-corrected chi connectivity index (χ4v) is 4.06. The molecule has 0 spiro atoms. The monoisotopic (exact) mass is 209 g/mol. The number of nitrogens with zero attached hydrogens (tertiary/aromatic N) is 1. The Morgan fingerprint density at radius 3 is 2.87 bits per heavy atom. The molecular weight excluding hydrogens is 190 g/mol. The Hall–Kier alpha value is -0.570. The van der Waals surface area contributed by atoms with E-state index in [9.17, 15) is 4.79 Å². The van der Waals surface area contributed by atoms with Crippen LogP contribution in [0.3, 0.4) is 0 Å². The third kappa shape index (κ3) is 1.48. The summed E-state index contributed by atoms with van der Waals surface area (Å²) in [5, 5.41) is 9.05. The lowest BCUT2D eigenvalue weighted by molar-refractivity contribution is -0.143. The summed E-state index contributed by atoms with van der Waals surface area (Å²) >= 11 is 0. The van der Waals surface area contributed by atoms with Crippen molar-refractivity contribution in [3.05, 3.63) is 0 Å². The van der Waals surface area contributed by atoms with E-state index in [2.05, 4.69) is 4.90 Å². The van der Waals surface area contributed by atoms with Crippen LogP contribution in [0.5, 0.6) is 0 Å². The molecule has 3 nitrogen and oxygen atoms in total. The molecule has 1 N–H and O–H groups in total. The number of carbonyl (C=O) groups is 1. The first-order valence-corrected chi connectivity index (χ1v) is 6.24. The molecule has 0 amide bonds. The largest absolute Gasteiger partial charge is 0.481 e. The summed E-state index contributed by atoms with van der Waals surface area (Å²) in [6.45, 7) is 1.27. The van der Waals surface area contributed by atoms with E-state index in [1.807, 2.05) is 0 Å². The topological polar surface area (TPSA) is 40.5 Å². The van der Waals surface area contributed by atoms with E-state index in [-0.39, 0.29) is 5.92 Å². The predicted octanol–water partition coefficient (Wildman–Crippen LogP) is 1.72. The fraction of sp³-hybridized carbons (Fsp3) is 0.917. The lowest BCUT2D eigenvalue weighted by Crippen LogP contribution is -2.38. The van der Waals surface area contributed by atoms with Crippen molar-refractivity contribution < 1.29 is 9.90 Å². The van der Waals surface area contributed by atoms with Crippen LogP contribution in [0.1, 0.15) is 38.5 Å². The van der Waals surface area contributed by atoms with E-state index < -0.39 is 5.97 Å². The molecule has 3 heteroatoms. The lowest BCUT2D eigenvalue weighted by Gasteiger charge is -2.33. The second-order valence-corrected chi connectivity index (χ2v) is 5.45. The van der Waals surface area contributed by atoms with Gasteiger partial charge in [0, 0.05) is 12.1 Å². The fourth-order valence-electron chi connectivity index (χ4n) is 4.06. The average Bonchev–Trinajstić information content (AvgIpc) is 2.75. The average molecular weight is 209 g/mol. The van der Waals surface area contributed by atoms with Gasteiger partial charge in [-0.2, -0.15) is 0 Å². The quantitative estimate of drug-likeness (QED) is 0.715. The molecule has 0 unspecified atom stereocenters. The zero-order chi connectivity index (χ0) is 10.4. The molecule has 84 valence electrons. The van der Waals surface area contributed by atoms with Crippen molar-refractivity contribution >= 4 is 5.97 Å². The second-order valence-electron chi connectivity index (χ2n) is 5.45. The van der Waals surface area contributed by atoms with E-state index in [0.717, 1.165) is 31.3 Å². The first-order chi connectivity index (χ1) is 7.25. The first-order valence-electron chi connectivity index (χ1n) is 6.24. The van der Waals surface area contributed by atoms with E-state index in [0.29, 0.717) is 5.92 Å². The maximum absolute atomic E-state index is 11.0. The van der Waals surface area contributed by atoms with Crippen LogP contribution >= 0.6 is 0 Å². The van der Waals surface area contributed by atoms with Gasteiger partial charge in [0.2, 0.25) is 0 Å². The maximum atomic E-state index is 11.0. The minimum absolute atomic E-state index is 0.0497. The van der Waals surface area contributed by atoms with Gasteiger partial charge in [-0.25, -0.2) is 0 Å². The highest BCUT2D eigenvalue weighted by atomic mass is 16.4. The van der Waals surface area contributed by atoms with Crippen molar-refractivity contribution in [3.8, 4) is 0 Å². The zero-order valence-electron chi connectivity index (χ0n) is 9.06. The predicted molar refractivity (Wildman–Crippen MR) is 56.6 cm³/mol. The van der Waals surface area contributed by atoms with Gasteiger partial charge in [0.05, 0.1) is 5.92 Å². The summed E-state index contributed by atoms with van der Waals surface area (Å²) in [5.74, 6) is 0.0666. The third-order valence-electron chi connectivity index (χ3n) is 4.72. The van der Waals surface area contributed by atoms with Gasteiger partial charge >= 0.3 is 5.97 Å². The summed E-state index contributed by atoms with van der Waals surface area (Å²) in [7, 11) is 0. The van der Waals surface area contributed by atoms with Crippen molar-refractivity contribution in [2.45, 2.75) is 50.6 Å². The zero-order valence-corrected chi connectivity index (χ0v) is 9.06. The Morgan fingerprint density at radius 2 is 2.07 bits per heavy atom. The molecule has 2 saturated heterocycles. The number of hydrogen-bond acceptors (Lipinski definition) is 2. The first kappa shape index (κ1) is 9.64. The summed E-state index contributed by atoms with van der Waals surface area (Å²) in [5.41, 5.74) is 0. The summed E-state index contributed by atoms with van der Waals surface area (Å²) in [6, 6.07) is 1.53. The van der Waals surface area contributed by atoms with Crippen LogP contribution in [-0.2, 0) is 4.79 Å². The van der Waals surface area contributed by atoms with Crippen LogP contribution in [0, 0.1) is 11.8 Å². The minimum atomic E-state index is -0.569. The molecular formula is C12H19NO2. The molecule has 0 aromatic carbocycles. The number of fused-ring (bicyclic) bond motifs is 3. The molecule has 0 aromatic rings. The lowest BCUT2D eigenvalue weighted by atomic mass is 9.78. The van der Waals surface area contributed by atoms with Crippen LogP contribution in [0.25, 0.3) is 0 Å². The minimum Gasteiger partial charge on any atom is -0.481 e. The van der Waals surface area contributed by atoms with Gasteiger partial charge in [-0.1, -0.05) is 0 Å². The third-order valence-corrected chi connectivity index (χ3v) is 4.72. The Morgan fingerprint density at radius 1 is 1.20 bits per heavy atom. The summed E-state index contributed by atoms with van der Waals surface area (Å²) in [6.07, 6.45) is 6.94. The molecule has 0 bridgehead atoms. The molecule has 1 saturated carbocycles. The maximum Gasteiger partial charge on any atom is 0.306 e. The van der Waals surface area contributed by atoms with E-state index in [1.54, 1.807) is 0 Å². The van der Waals surface area contributed by atoms with Crippen LogP contribution in [0.4, 0.5) is 0 Å². The standard InChI is InChI=1S/C12H19NO2/c14-12(15)8-3-4-11-9(6-8)7-10-2-1-5-13(10)11/h8-11H,1-7H2,(H,14,15)/t8-,9+,10-,11+/m1/s1. The molecule has 4 atom stereocenters. The van der Waals surface area contributed by atoms with Crippen LogP contribution in [0.15, 0.2) is 0 Å². The highest BCUT2D eigenvalue weighted by molar-refractivity contribution is 5.70. The van der Waals surface area contributed by atoms with E-state index >= 15 is 0 Å². The van der Waals surface area contributed by atoms with Gasteiger partial charge in [-0.3, -0.25) is 9.69 Å². The van der Waals surface area contributed by atoms with E-state index in [1.165, 1.54) is 25.8 Å². The Labute approximate surface area is 90.5 Å². The highest BCUT2D eigenvalue weighted by Gasteiger charge is 2.46. The van der Waals surface area contributed by atoms with Gasteiger partial charge in [0.25, 0.3) is 0 Å². The second kappa shape index (κ2) is 3.48. The van der Waals surface area contributed by atoms with Crippen molar-refractivity contribution in [1.29, 1.82) is 0 Å². The van der Waals surface area contributed by atoms with Crippen molar-refractivity contribution in [3.63, 3.8) is 0 Å². The number of aliphatic carboxylic acids is 1. The molecule has 15 heavy (non-hydrogen) atoms. The molecule has 3 rings (SSSR count). The number of carboxylic acids is 1. The summed E-state index contributed by atoms with van der Waals surface area (Å²) in [4.78, 5) is 13.6. The SMILES string of the molecule is O=C(O)[C@@H]1CC[C@H]2[C@@H](C1)C[C@H]1CCCN12. The Balaban J connectivity index is 1.71. The normalized spacial score (nSPS) is 45.1. The molecule has 3 aliphatic rings. The van der Waals surface area contributed by atoms with Crippen LogP contribution in [-0.4, -0.2) is 34.6 Å². The van der Waals surface area contributed by atoms with Crippen LogP contribution in [0.2, 0.25) is 0 Å². The van der Waals surface area contributed by atoms with Gasteiger partial charge in [0.1, 0.15) is 0 Å². The number of carboxylic acid groups (broad SMARTS) is 1. The van der Waals surface area contributed by atoms with Crippen LogP contribution < -0.4 is 0 Å². The Bertz CT molecular complexity index is 279.